The van der Waals surface area contributed by atoms with Crippen LogP contribution in [0, 0.1) is 0 Å². The number of nitrogens with one attached hydrogen (secondary N) is 3. The normalized spacial score (nSPS) is 11.7. The molecular formula is C15H23N3O5S. The zero-order valence-corrected chi connectivity index (χ0v) is 15.0. The Morgan fingerprint density at radius 1 is 1.04 bits per heavy atom. The molecule has 0 aromatic heterocycles. The van der Waals surface area contributed by atoms with Gasteiger partial charge in [0.1, 0.15) is 5.75 Å². The lowest BCUT2D eigenvalue weighted by Crippen LogP contribution is -2.47. The summed E-state index contributed by atoms with van der Waals surface area (Å²) < 4.78 is 31.2. The van der Waals surface area contributed by atoms with Crippen molar-refractivity contribution in [3.05, 3.63) is 24.3 Å². The number of rotatable bonds is 7. The molecule has 0 saturated carbocycles. The summed E-state index contributed by atoms with van der Waals surface area (Å²) in [7, 11) is -2.34. The molecule has 3 N–H and O–H groups in total. The standard InChI is InChI=1S/C15H23N3O5S/c1-15(2,3)18-14(20)9-16-13(19)10-17-24(21,22)12-7-5-11(23-4)6-8-12/h5-8,17H,9-10H2,1-4H3,(H,16,19)(H,18,20). The summed E-state index contributed by atoms with van der Waals surface area (Å²) in [4.78, 5) is 23.2. The quantitative estimate of drug-likeness (QED) is 0.636. The van der Waals surface area contributed by atoms with E-state index in [0.717, 1.165) is 0 Å². The SMILES string of the molecule is COc1ccc(S(=O)(=O)NCC(=O)NCC(=O)NC(C)(C)C)cc1. The molecule has 0 heterocycles. The van der Waals surface area contributed by atoms with E-state index in [1.807, 2.05) is 20.8 Å². The maximum atomic E-state index is 12.1. The van der Waals surface area contributed by atoms with Gasteiger partial charge in [0, 0.05) is 5.54 Å². The van der Waals surface area contributed by atoms with Gasteiger partial charge in [0.2, 0.25) is 21.8 Å². The first-order valence-electron chi connectivity index (χ1n) is 7.25. The minimum atomic E-state index is -3.81. The maximum absolute atomic E-state index is 12.1. The summed E-state index contributed by atoms with van der Waals surface area (Å²) >= 11 is 0. The van der Waals surface area contributed by atoms with Crippen LogP contribution in [0.3, 0.4) is 0 Å². The molecular weight excluding hydrogens is 334 g/mol. The van der Waals surface area contributed by atoms with E-state index in [0.29, 0.717) is 5.75 Å². The number of sulfonamides is 1. The van der Waals surface area contributed by atoms with Crippen LogP contribution in [-0.2, 0) is 19.6 Å². The first kappa shape index (κ1) is 19.9. The fraction of sp³-hybridized carbons (Fsp3) is 0.467. The average Bonchev–Trinajstić information content (AvgIpc) is 2.49. The Bertz CT molecular complexity index is 678. The molecule has 1 aromatic carbocycles. The van der Waals surface area contributed by atoms with Gasteiger partial charge in [0.25, 0.3) is 0 Å². The zero-order chi connectivity index (χ0) is 18.4. The van der Waals surface area contributed by atoms with Crippen molar-refractivity contribution in [2.24, 2.45) is 0 Å². The van der Waals surface area contributed by atoms with Crippen LogP contribution in [0.1, 0.15) is 20.8 Å². The monoisotopic (exact) mass is 357 g/mol. The molecule has 24 heavy (non-hydrogen) atoms. The van der Waals surface area contributed by atoms with Crippen LogP contribution < -0.4 is 20.1 Å². The number of carbonyl (C=O) groups is 2. The van der Waals surface area contributed by atoms with E-state index < -0.39 is 28.0 Å². The Morgan fingerprint density at radius 2 is 1.62 bits per heavy atom. The van der Waals surface area contributed by atoms with Gasteiger partial charge in [-0.25, -0.2) is 13.1 Å². The molecule has 9 heteroatoms. The van der Waals surface area contributed by atoms with Gasteiger partial charge in [-0.2, -0.15) is 0 Å². The second-order valence-corrected chi connectivity index (χ2v) is 7.84. The topological polar surface area (TPSA) is 114 Å². The summed E-state index contributed by atoms with van der Waals surface area (Å²) in [6.45, 7) is 4.76. The van der Waals surface area contributed by atoms with E-state index in [9.17, 15) is 18.0 Å². The number of carbonyl (C=O) groups excluding carboxylic acids is 2. The number of hydrogen-bond acceptors (Lipinski definition) is 5. The van der Waals surface area contributed by atoms with Crippen molar-refractivity contribution in [3.8, 4) is 5.75 Å². The molecule has 1 rings (SSSR count). The van der Waals surface area contributed by atoms with Gasteiger partial charge in [0.05, 0.1) is 25.1 Å². The molecule has 0 bridgehead atoms. The minimum Gasteiger partial charge on any atom is -0.497 e. The highest BCUT2D eigenvalue weighted by Crippen LogP contribution is 2.14. The Labute approximate surface area is 142 Å². The molecule has 0 aliphatic carbocycles. The Hall–Kier alpha value is -2.13. The third kappa shape index (κ3) is 6.97. The lowest BCUT2D eigenvalue weighted by Gasteiger charge is -2.20. The third-order valence-electron chi connectivity index (χ3n) is 2.75. The first-order valence-corrected chi connectivity index (χ1v) is 8.73. The fourth-order valence-electron chi connectivity index (χ4n) is 1.70. The van der Waals surface area contributed by atoms with Crippen molar-refractivity contribution >= 4 is 21.8 Å². The molecule has 0 spiro atoms. The molecule has 0 radical (unpaired) electrons. The third-order valence-corrected chi connectivity index (χ3v) is 4.17. The second-order valence-electron chi connectivity index (χ2n) is 6.07. The first-order chi connectivity index (χ1) is 11.0. The van der Waals surface area contributed by atoms with E-state index in [2.05, 4.69) is 15.4 Å². The smallest absolute Gasteiger partial charge is 0.241 e. The molecule has 134 valence electrons. The molecule has 0 aliphatic heterocycles. The largest absolute Gasteiger partial charge is 0.497 e. The average molecular weight is 357 g/mol. The molecule has 8 nitrogen and oxygen atoms in total. The molecule has 0 aliphatic rings. The van der Waals surface area contributed by atoms with Gasteiger partial charge in [-0.3, -0.25) is 9.59 Å². The van der Waals surface area contributed by atoms with Crippen molar-refractivity contribution in [2.45, 2.75) is 31.2 Å². The van der Waals surface area contributed by atoms with Crippen LogP contribution in [0.15, 0.2) is 29.2 Å². The summed E-state index contributed by atoms with van der Waals surface area (Å²) in [5.74, 6) is -0.429. The predicted molar refractivity (Wildman–Crippen MR) is 89.1 cm³/mol. The highest BCUT2D eigenvalue weighted by Gasteiger charge is 2.17. The van der Waals surface area contributed by atoms with Crippen LogP contribution in [0.2, 0.25) is 0 Å². The lowest BCUT2D eigenvalue weighted by molar-refractivity contribution is -0.126. The summed E-state index contributed by atoms with van der Waals surface area (Å²) in [5.41, 5.74) is -0.405. The number of methoxy groups -OCH3 is 1. The summed E-state index contributed by atoms with van der Waals surface area (Å²) in [5, 5.41) is 5.03. The van der Waals surface area contributed by atoms with Crippen LogP contribution in [-0.4, -0.2) is 46.0 Å². The van der Waals surface area contributed by atoms with E-state index in [1.165, 1.54) is 31.4 Å². The van der Waals surface area contributed by atoms with Gasteiger partial charge in [-0.1, -0.05) is 0 Å². The van der Waals surface area contributed by atoms with Gasteiger partial charge in [-0.05, 0) is 45.0 Å². The van der Waals surface area contributed by atoms with Crippen LogP contribution in [0.4, 0.5) is 0 Å². The lowest BCUT2D eigenvalue weighted by atomic mass is 10.1. The van der Waals surface area contributed by atoms with Gasteiger partial charge >= 0.3 is 0 Å². The second kappa shape index (κ2) is 8.11. The minimum absolute atomic E-state index is 0.0153. The number of amides is 2. The molecule has 0 saturated heterocycles. The molecule has 0 unspecified atom stereocenters. The van der Waals surface area contributed by atoms with E-state index in [-0.39, 0.29) is 17.3 Å². The van der Waals surface area contributed by atoms with Crippen molar-refractivity contribution in [2.75, 3.05) is 20.2 Å². The van der Waals surface area contributed by atoms with Gasteiger partial charge < -0.3 is 15.4 Å². The van der Waals surface area contributed by atoms with Gasteiger partial charge in [-0.15, -0.1) is 0 Å². The summed E-state index contributed by atoms with van der Waals surface area (Å²) in [6, 6.07) is 5.75. The van der Waals surface area contributed by atoms with Crippen molar-refractivity contribution in [1.82, 2.24) is 15.4 Å². The number of ether oxygens (including phenoxy) is 1. The van der Waals surface area contributed by atoms with E-state index in [1.54, 1.807) is 0 Å². The van der Waals surface area contributed by atoms with Crippen LogP contribution in [0.25, 0.3) is 0 Å². The highest BCUT2D eigenvalue weighted by molar-refractivity contribution is 7.89. The summed E-state index contributed by atoms with van der Waals surface area (Å²) in [6.07, 6.45) is 0. The number of hydrogen-bond donors (Lipinski definition) is 3. The van der Waals surface area contributed by atoms with Gasteiger partial charge in [0.15, 0.2) is 0 Å². The Balaban J connectivity index is 2.49. The Kier molecular flexibility index (Phi) is 6.73. The Morgan fingerprint density at radius 3 is 2.12 bits per heavy atom. The maximum Gasteiger partial charge on any atom is 0.241 e. The number of benzene rings is 1. The van der Waals surface area contributed by atoms with Crippen molar-refractivity contribution in [3.63, 3.8) is 0 Å². The van der Waals surface area contributed by atoms with Crippen LogP contribution in [0.5, 0.6) is 5.75 Å². The highest BCUT2D eigenvalue weighted by atomic mass is 32.2. The predicted octanol–water partition coefficient (Wildman–Crippen LogP) is 0.00440. The van der Waals surface area contributed by atoms with Crippen molar-refractivity contribution < 1.29 is 22.7 Å². The molecule has 0 fully saturated rings. The molecule has 0 atom stereocenters. The van der Waals surface area contributed by atoms with E-state index >= 15 is 0 Å². The molecule has 1 aromatic rings. The van der Waals surface area contributed by atoms with Crippen molar-refractivity contribution in [1.29, 1.82) is 0 Å². The van der Waals surface area contributed by atoms with E-state index in [4.69, 9.17) is 4.74 Å². The zero-order valence-electron chi connectivity index (χ0n) is 14.2. The van der Waals surface area contributed by atoms with Crippen LogP contribution >= 0.6 is 0 Å². The molecule has 2 amide bonds. The fourth-order valence-corrected chi connectivity index (χ4v) is 2.68.